The fourth-order valence-corrected chi connectivity index (χ4v) is 2.22. The van der Waals surface area contributed by atoms with Crippen molar-refractivity contribution in [2.45, 2.75) is 38.6 Å². The smallest absolute Gasteiger partial charge is 0.407 e. The number of aromatic nitrogens is 2. The minimum Gasteiger partial charge on any atom is -0.444 e. The number of aliphatic hydroxyl groups is 2. The topological polar surface area (TPSA) is 107 Å². The first-order chi connectivity index (χ1) is 11.7. The number of H-pyrrole nitrogens is 1. The van der Waals surface area contributed by atoms with Crippen LogP contribution in [0.5, 0.6) is 0 Å². The summed E-state index contributed by atoms with van der Waals surface area (Å²) < 4.78 is 18.4. The Bertz CT molecular complexity index is 727. The molecule has 1 aromatic heterocycles. The van der Waals surface area contributed by atoms with Gasteiger partial charge in [-0.2, -0.15) is 5.10 Å². The number of ether oxygens (including phenoxy) is 1. The quantitative estimate of drug-likeness (QED) is 0.660. The van der Waals surface area contributed by atoms with Gasteiger partial charge in [0.2, 0.25) is 0 Å². The third kappa shape index (κ3) is 5.27. The lowest BCUT2D eigenvalue weighted by molar-refractivity contribution is 0.0132. The van der Waals surface area contributed by atoms with Crippen molar-refractivity contribution in [3.8, 4) is 11.3 Å². The molecule has 0 fully saturated rings. The Morgan fingerprint density at radius 2 is 2.12 bits per heavy atom. The zero-order valence-electron chi connectivity index (χ0n) is 14.3. The number of halogens is 1. The van der Waals surface area contributed by atoms with Crippen molar-refractivity contribution in [3.63, 3.8) is 0 Å². The number of carbonyl (C=O) groups excluding carboxylic acids is 1. The predicted octanol–water partition coefficient (Wildman–Crippen LogP) is 2.13. The number of alkyl carbamates (subject to hydrolysis) is 1. The molecular formula is C17H22FN3O4. The van der Waals surface area contributed by atoms with E-state index in [4.69, 9.17) is 4.74 Å². The van der Waals surface area contributed by atoms with Crippen LogP contribution in [0.3, 0.4) is 0 Å². The molecule has 0 bridgehead atoms. The maximum absolute atomic E-state index is 13.4. The van der Waals surface area contributed by atoms with E-state index >= 15 is 0 Å². The van der Waals surface area contributed by atoms with Crippen molar-refractivity contribution < 1.29 is 24.1 Å². The summed E-state index contributed by atoms with van der Waals surface area (Å²) in [6, 6.07) is 5.77. The Hall–Kier alpha value is -2.45. The average Bonchev–Trinajstić information content (AvgIpc) is 2.99. The van der Waals surface area contributed by atoms with Gasteiger partial charge in [-0.3, -0.25) is 5.10 Å². The van der Waals surface area contributed by atoms with Crippen LogP contribution in [0.2, 0.25) is 0 Å². The fourth-order valence-electron chi connectivity index (χ4n) is 2.22. The second-order valence-electron chi connectivity index (χ2n) is 6.61. The minimum absolute atomic E-state index is 0.218. The van der Waals surface area contributed by atoms with E-state index < -0.39 is 29.7 Å². The summed E-state index contributed by atoms with van der Waals surface area (Å²) >= 11 is 0. The van der Waals surface area contributed by atoms with Gasteiger partial charge in [-0.05, 0) is 32.9 Å². The third-order valence-corrected chi connectivity index (χ3v) is 3.32. The summed E-state index contributed by atoms with van der Waals surface area (Å²) in [5.74, 6) is -0.431. The second kappa shape index (κ2) is 7.62. The van der Waals surface area contributed by atoms with Crippen LogP contribution in [-0.2, 0) is 4.74 Å². The molecule has 1 aromatic carbocycles. The van der Waals surface area contributed by atoms with Crippen molar-refractivity contribution in [1.29, 1.82) is 0 Å². The van der Waals surface area contributed by atoms with Gasteiger partial charge in [0, 0.05) is 17.7 Å². The first-order valence-electron chi connectivity index (χ1n) is 7.79. The highest BCUT2D eigenvalue weighted by atomic mass is 19.1. The zero-order valence-corrected chi connectivity index (χ0v) is 14.3. The molecule has 0 aliphatic rings. The first kappa shape index (κ1) is 18.9. The highest BCUT2D eigenvalue weighted by Gasteiger charge is 2.25. The molecule has 1 heterocycles. The van der Waals surface area contributed by atoms with Gasteiger partial charge >= 0.3 is 6.09 Å². The molecule has 0 spiro atoms. The van der Waals surface area contributed by atoms with Crippen LogP contribution in [0.25, 0.3) is 11.3 Å². The van der Waals surface area contributed by atoms with Crippen LogP contribution in [0.1, 0.15) is 32.4 Å². The Morgan fingerprint density at radius 3 is 2.76 bits per heavy atom. The summed E-state index contributed by atoms with van der Waals surface area (Å²) in [5.41, 5.74) is 0.509. The molecule has 0 saturated heterocycles. The highest BCUT2D eigenvalue weighted by Crippen LogP contribution is 2.28. The van der Waals surface area contributed by atoms with Crippen molar-refractivity contribution >= 4 is 6.09 Å². The van der Waals surface area contributed by atoms with E-state index in [0.29, 0.717) is 16.8 Å². The molecule has 2 atom stereocenters. The Morgan fingerprint density at radius 1 is 1.40 bits per heavy atom. The van der Waals surface area contributed by atoms with E-state index in [-0.39, 0.29) is 6.54 Å². The van der Waals surface area contributed by atoms with Gasteiger partial charge in [0.05, 0.1) is 11.9 Å². The summed E-state index contributed by atoms with van der Waals surface area (Å²) in [5, 5.41) is 29.4. The Labute approximate surface area is 144 Å². The van der Waals surface area contributed by atoms with Gasteiger partial charge in [0.1, 0.15) is 23.6 Å². The van der Waals surface area contributed by atoms with E-state index in [0.717, 1.165) is 0 Å². The molecule has 0 aliphatic carbocycles. The Balaban J connectivity index is 2.05. The molecule has 2 aromatic rings. The van der Waals surface area contributed by atoms with Gasteiger partial charge in [-0.25, -0.2) is 9.18 Å². The number of aliphatic hydroxyl groups excluding tert-OH is 2. The largest absolute Gasteiger partial charge is 0.444 e. The molecular weight excluding hydrogens is 329 g/mol. The van der Waals surface area contributed by atoms with Gasteiger partial charge in [0.25, 0.3) is 0 Å². The highest BCUT2D eigenvalue weighted by molar-refractivity contribution is 5.67. The molecule has 25 heavy (non-hydrogen) atoms. The van der Waals surface area contributed by atoms with Crippen LogP contribution in [-0.4, -0.2) is 44.8 Å². The van der Waals surface area contributed by atoms with Gasteiger partial charge in [-0.1, -0.05) is 12.1 Å². The summed E-state index contributed by atoms with van der Waals surface area (Å²) in [6.45, 7) is 4.93. The number of hydrogen-bond donors (Lipinski definition) is 4. The molecule has 2 unspecified atom stereocenters. The van der Waals surface area contributed by atoms with Crippen LogP contribution in [0, 0.1) is 5.82 Å². The monoisotopic (exact) mass is 351 g/mol. The van der Waals surface area contributed by atoms with E-state index in [2.05, 4.69) is 15.5 Å². The standard InChI is InChI=1S/C17H22FN3O4/c1-17(2,3)25-16(24)19-9-13(22)15(23)12-8-20-21-14(12)10-5-4-6-11(18)7-10/h4-8,13,15,22-23H,9H2,1-3H3,(H,19,24)(H,20,21). The normalized spacial score (nSPS) is 14.0. The first-order valence-corrected chi connectivity index (χ1v) is 7.79. The predicted molar refractivity (Wildman–Crippen MR) is 89.2 cm³/mol. The van der Waals surface area contributed by atoms with Crippen molar-refractivity contribution in [1.82, 2.24) is 15.5 Å². The van der Waals surface area contributed by atoms with E-state index in [1.54, 1.807) is 26.8 Å². The molecule has 4 N–H and O–H groups in total. The van der Waals surface area contributed by atoms with Crippen LogP contribution >= 0.6 is 0 Å². The van der Waals surface area contributed by atoms with Crippen LogP contribution in [0.15, 0.2) is 30.5 Å². The Kier molecular flexibility index (Phi) is 5.76. The van der Waals surface area contributed by atoms with Crippen molar-refractivity contribution in [3.05, 3.63) is 41.8 Å². The lowest BCUT2D eigenvalue weighted by Gasteiger charge is -2.22. The number of nitrogens with one attached hydrogen (secondary N) is 2. The summed E-state index contributed by atoms with van der Waals surface area (Å²) in [7, 11) is 0. The molecule has 8 heteroatoms. The van der Waals surface area contributed by atoms with Crippen molar-refractivity contribution in [2.24, 2.45) is 0 Å². The number of aromatic amines is 1. The minimum atomic E-state index is -1.33. The van der Waals surface area contributed by atoms with Gasteiger partial charge < -0.3 is 20.3 Å². The summed E-state index contributed by atoms with van der Waals surface area (Å²) in [4.78, 5) is 11.6. The average molecular weight is 351 g/mol. The fraction of sp³-hybridized carbons (Fsp3) is 0.412. The van der Waals surface area contributed by atoms with E-state index in [1.807, 2.05) is 0 Å². The zero-order chi connectivity index (χ0) is 18.6. The van der Waals surface area contributed by atoms with Crippen molar-refractivity contribution in [2.75, 3.05) is 6.54 Å². The molecule has 2 rings (SSSR count). The number of amides is 1. The number of rotatable bonds is 5. The van der Waals surface area contributed by atoms with Crippen LogP contribution in [0.4, 0.5) is 9.18 Å². The number of benzene rings is 1. The molecule has 0 aliphatic heterocycles. The SMILES string of the molecule is CC(C)(C)OC(=O)NCC(O)C(O)c1cn[nH]c1-c1cccc(F)c1. The van der Waals surface area contributed by atoms with E-state index in [1.165, 1.54) is 24.4 Å². The molecule has 136 valence electrons. The maximum Gasteiger partial charge on any atom is 0.407 e. The van der Waals surface area contributed by atoms with Gasteiger partial charge in [-0.15, -0.1) is 0 Å². The molecule has 0 saturated carbocycles. The molecule has 0 radical (unpaired) electrons. The number of nitrogens with zero attached hydrogens (tertiary/aromatic N) is 1. The molecule has 1 amide bonds. The lowest BCUT2D eigenvalue weighted by Crippen LogP contribution is -2.38. The summed E-state index contributed by atoms with van der Waals surface area (Å²) in [6.07, 6.45) is -1.97. The van der Waals surface area contributed by atoms with Crippen LogP contribution < -0.4 is 5.32 Å². The number of carbonyl (C=O) groups is 1. The number of hydrogen-bond acceptors (Lipinski definition) is 5. The second-order valence-corrected chi connectivity index (χ2v) is 6.61. The lowest BCUT2D eigenvalue weighted by atomic mass is 10.0. The maximum atomic E-state index is 13.4. The third-order valence-electron chi connectivity index (χ3n) is 3.32. The van der Waals surface area contributed by atoms with E-state index in [9.17, 15) is 19.4 Å². The van der Waals surface area contributed by atoms with Gasteiger partial charge in [0.15, 0.2) is 0 Å². The molecule has 7 nitrogen and oxygen atoms in total.